The molecule has 2 rings (SSSR count). The van der Waals surface area contributed by atoms with Crippen LogP contribution in [0, 0.1) is 5.92 Å². The van der Waals surface area contributed by atoms with Gasteiger partial charge in [0, 0.05) is 18.3 Å². The molecular formula is C24H35N3O5S. The van der Waals surface area contributed by atoms with Gasteiger partial charge in [0.25, 0.3) is 0 Å². The maximum Gasteiger partial charge on any atom is 0.410 e. The van der Waals surface area contributed by atoms with Crippen molar-refractivity contribution in [3.63, 3.8) is 0 Å². The second-order valence-electron chi connectivity index (χ2n) is 9.37. The van der Waals surface area contributed by atoms with Crippen molar-refractivity contribution in [3.8, 4) is 0 Å². The summed E-state index contributed by atoms with van der Waals surface area (Å²) >= 11 is 1.40. The summed E-state index contributed by atoms with van der Waals surface area (Å²) in [5.74, 6) is 0.136. The average Bonchev–Trinajstić information content (AvgIpc) is 3.26. The first-order chi connectivity index (χ1) is 15.5. The fraction of sp³-hybridized carbons (Fsp3) is 0.542. The third-order valence-corrected chi connectivity index (χ3v) is 5.37. The van der Waals surface area contributed by atoms with Gasteiger partial charge in [0.2, 0.25) is 0 Å². The molecule has 2 atom stereocenters. The number of rotatable bonds is 10. The number of aliphatic hydroxyl groups is 1. The van der Waals surface area contributed by atoms with Crippen LogP contribution in [0.5, 0.6) is 0 Å². The van der Waals surface area contributed by atoms with Gasteiger partial charge >= 0.3 is 12.2 Å². The van der Waals surface area contributed by atoms with Crippen LogP contribution in [0.4, 0.5) is 9.59 Å². The van der Waals surface area contributed by atoms with E-state index in [4.69, 9.17) is 9.47 Å². The van der Waals surface area contributed by atoms with Gasteiger partial charge in [-0.15, -0.1) is 11.3 Å². The van der Waals surface area contributed by atoms with Crippen molar-refractivity contribution in [2.45, 2.75) is 65.3 Å². The summed E-state index contributed by atoms with van der Waals surface area (Å²) in [6, 6.07) is 8.93. The van der Waals surface area contributed by atoms with Gasteiger partial charge in [-0.05, 0) is 38.7 Å². The monoisotopic (exact) mass is 477 g/mol. The minimum Gasteiger partial charge on any atom is -0.447 e. The van der Waals surface area contributed by atoms with E-state index in [1.165, 1.54) is 16.2 Å². The molecule has 33 heavy (non-hydrogen) atoms. The minimum atomic E-state index is -1.11. The van der Waals surface area contributed by atoms with Crippen LogP contribution in [-0.4, -0.2) is 58.0 Å². The Morgan fingerprint density at radius 1 is 1.18 bits per heavy atom. The number of carbonyl (C=O) groups is 2. The summed E-state index contributed by atoms with van der Waals surface area (Å²) in [5, 5.41) is 13.7. The third-order valence-electron chi connectivity index (χ3n) is 4.61. The van der Waals surface area contributed by atoms with Gasteiger partial charge < -0.3 is 24.8 Å². The summed E-state index contributed by atoms with van der Waals surface area (Å²) < 4.78 is 10.8. The second-order valence-corrected chi connectivity index (χ2v) is 10.3. The number of ether oxygens (including phenoxy) is 2. The van der Waals surface area contributed by atoms with Crippen molar-refractivity contribution < 1.29 is 24.2 Å². The Morgan fingerprint density at radius 3 is 2.45 bits per heavy atom. The van der Waals surface area contributed by atoms with Crippen molar-refractivity contribution in [2.24, 2.45) is 5.92 Å². The van der Waals surface area contributed by atoms with Gasteiger partial charge in [-0.1, -0.05) is 44.2 Å². The standard InChI is InChI=1S/C24H35N3O5S/c1-17(2)13-27(23(30)32-14-19-12-25-16-33-19)20(11-18-9-7-6-8-10-18)21(28)15-31-22(29)26-24(3,4)5/h6-10,12,16-17,20-21,28H,11,13-15H2,1-5H3,(H,26,29). The topological polar surface area (TPSA) is 101 Å². The number of benzene rings is 1. The molecule has 8 nitrogen and oxygen atoms in total. The molecule has 1 heterocycles. The number of aliphatic hydroxyl groups excluding tert-OH is 1. The molecule has 2 unspecified atom stereocenters. The summed E-state index contributed by atoms with van der Waals surface area (Å²) in [6.07, 6.45) is -0.220. The molecule has 0 saturated carbocycles. The van der Waals surface area contributed by atoms with Gasteiger partial charge in [0.1, 0.15) is 19.3 Å². The molecule has 1 aromatic carbocycles. The molecule has 0 saturated heterocycles. The fourth-order valence-corrected chi connectivity index (χ4v) is 3.70. The molecule has 0 fully saturated rings. The van der Waals surface area contributed by atoms with Crippen LogP contribution < -0.4 is 5.32 Å². The van der Waals surface area contributed by atoms with E-state index in [9.17, 15) is 14.7 Å². The summed E-state index contributed by atoms with van der Waals surface area (Å²) in [6.45, 7) is 9.73. The number of aromatic nitrogens is 1. The molecule has 0 aliphatic rings. The van der Waals surface area contributed by atoms with Crippen LogP contribution in [0.15, 0.2) is 42.0 Å². The molecule has 182 valence electrons. The Labute approximate surface area is 199 Å². The molecule has 9 heteroatoms. The van der Waals surface area contributed by atoms with E-state index in [2.05, 4.69) is 10.3 Å². The minimum absolute atomic E-state index is 0.108. The highest BCUT2D eigenvalue weighted by Crippen LogP contribution is 2.18. The van der Waals surface area contributed by atoms with E-state index < -0.39 is 29.9 Å². The van der Waals surface area contributed by atoms with Crippen LogP contribution in [-0.2, 0) is 22.5 Å². The predicted molar refractivity (Wildman–Crippen MR) is 128 cm³/mol. The molecule has 1 aromatic heterocycles. The molecule has 2 N–H and O–H groups in total. The maximum absolute atomic E-state index is 13.1. The molecule has 0 aliphatic heterocycles. The van der Waals surface area contributed by atoms with Gasteiger partial charge in [-0.2, -0.15) is 0 Å². The Bertz CT molecular complexity index is 853. The van der Waals surface area contributed by atoms with Crippen LogP contribution in [0.25, 0.3) is 0 Å². The zero-order valence-electron chi connectivity index (χ0n) is 20.0. The van der Waals surface area contributed by atoms with Crippen LogP contribution in [0.1, 0.15) is 45.1 Å². The number of nitrogens with zero attached hydrogens (tertiary/aromatic N) is 2. The Morgan fingerprint density at radius 2 is 1.88 bits per heavy atom. The van der Waals surface area contributed by atoms with Crippen LogP contribution >= 0.6 is 11.3 Å². The predicted octanol–water partition coefficient (Wildman–Crippen LogP) is 4.23. The number of alkyl carbamates (subject to hydrolysis) is 1. The smallest absolute Gasteiger partial charge is 0.410 e. The maximum atomic E-state index is 13.1. The molecule has 0 bridgehead atoms. The van der Waals surface area contributed by atoms with E-state index in [1.807, 2.05) is 65.0 Å². The quantitative estimate of drug-likeness (QED) is 0.531. The lowest BCUT2D eigenvalue weighted by atomic mass is 9.99. The van der Waals surface area contributed by atoms with Crippen molar-refractivity contribution in [1.82, 2.24) is 15.2 Å². The lowest BCUT2D eigenvalue weighted by Crippen LogP contribution is -2.52. The van der Waals surface area contributed by atoms with E-state index in [1.54, 1.807) is 11.7 Å². The van der Waals surface area contributed by atoms with Gasteiger partial charge in [-0.3, -0.25) is 4.98 Å². The van der Waals surface area contributed by atoms with Crippen molar-refractivity contribution in [3.05, 3.63) is 52.5 Å². The number of amides is 2. The van der Waals surface area contributed by atoms with Crippen LogP contribution in [0.2, 0.25) is 0 Å². The Hall–Kier alpha value is -2.65. The third kappa shape index (κ3) is 9.79. The van der Waals surface area contributed by atoms with Gasteiger partial charge in [0.05, 0.1) is 16.4 Å². The fourth-order valence-electron chi connectivity index (χ4n) is 3.19. The molecule has 0 spiro atoms. The molecule has 0 aliphatic carbocycles. The van der Waals surface area contributed by atoms with E-state index >= 15 is 0 Å². The number of hydrogen-bond donors (Lipinski definition) is 2. The molecular weight excluding hydrogens is 442 g/mol. The van der Waals surface area contributed by atoms with Crippen molar-refractivity contribution in [1.29, 1.82) is 0 Å². The first kappa shape index (κ1) is 26.6. The molecule has 2 amide bonds. The highest BCUT2D eigenvalue weighted by atomic mass is 32.1. The van der Waals surface area contributed by atoms with Crippen molar-refractivity contribution >= 4 is 23.5 Å². The number of carbonyl (C=O) groups excluding carboxylic acids is 2. The van der Waals surface area contributed by atoms with E-state index in [0.29, 0.717) is 13.0 Å². The largest absolute Gasteiger partial charge is 0.447 e. The van der Waals surface area contributed by atoms with Crippen molar-refractivity contribution in [2.75, 3.05) is 13.2 Å². The number of thiazole rings is 1. The summed E-state index contributed by atoms with van der Waals surface area (Å²) in [5.41, 5.74) is 2.16. The highest BCUT2D eigenvalue weighted by molar-refractivity contribution is 7.09. The number of nitrogens with one attached hydrogen (secondary N) is 1. The van der Waals surface area contributed by atoms with Crippen LogP contribution in [0.3, 0.4) is 0 Å². The Kier molecular flexibility index (Phi) is 10.1. The van der Waals surface area contributed by atoms with E-state index in [0.717, 1.165) is 10.4 Å². The molecule has 2 aromatic rings. The van der Waals surface area contributed by atoms with Gasteiger partial charge in [-0.25, -0.2) is 9.59 Å². The summed E-state index contributed by atoms with van der Waals surface area (Å²) in [4.78, 5) is 31.6. The first-order valence-corrected chi connectivity index (χ1v) is 11.9. The zero-order chi connectivity index (χ0) is 24.4. The Balaban J connectivity index is 2.18. The molecule has 0 radical (unpaired) electrons. The summed E-state index contributed by atoms with van der Waals surface area (Å²) in [7, 11) is 0. The highest BCUT2D eigenvalue weighted by Gasteiger charge is 2.33. The SMILES string of the molecule is CC(C)CN(C(=O)OCc1cncs1)C(Cc1ccccc1)C(O)COC(=O)NC(C)(C)C. The number of hydrogen-bond acceptors (Lipinski definition) is 7. The van der Waals surface area contributed by atoms with Gasteiger partial charge in [0.15, 0.2) is 0 Å². The lowest BCUT2D eigenvalue weighted by Gasteiger charge is -2.35. The average molecular weight is 478 g/mol. The van der Waals surface area contributed by atoms with E-state index in [-0.39, 0.29) is 19.1 Å². The first-order valence-electron chi connectivity index (χ1n) is 11.0. The second kappa shape index (κ2) is 12.6. The zero-order valence-corrected chi connectivity index (χ0v) is 20.8. The normalized spacial score (nSPS) is 13.3. The lowest BCUT2D eigenvalue weighted by molar-refractivity contribution is -0.00457.